The Kier molecular flexibility index (Phi) is 6.45. The Balaban J connectivity index is 2.43. The summed E-state index contributed by atoms with van der Waals surface area (Å²) in [5.74, 6) is -1.26. The summed E-state index contributed by atoms with van der Waals surface area (Å²) in [4.78, 5) is 23.3. The molecular formula is C18H18ClNO6S. The van der Waals surface area contributed by atoms with Gasteiger partial charge in [-0.3, -0.25) is 4.72 Å². The van der Waals surface area contributed by atoms with Crippen LogP contribution in [0.25, 0.3) is 0 Å². The first kappa shape index (κ1) is 20.7. The monoisotopic (exact) mass is 411 g/mol. The second kappa shape index (κ2) is 8.41. The van der Waals surface area contributed by atoms with E-state index in [1.54, 1.807) is 19.9 Å². The maximum absolute atomic E-state index is 12.8. The highest BCUT2D eigenvalue weighted by molar-refractivity contribution is 7.92. The number of rotatable bonds is 6. The molecule has 0 aliphatic rings. The number of nitrogens with one attached hydrogen (secondary N) is 1. The van der Waals surface area contributed by atoms with E-state index < -0.39 is 22.0 Å². The van der Waals surface area contributed by atoms with Gasteiger partial charge >= 0.3 is 11.9 Å². The van der Waals surface area contributed by atoms with Crippen molar-refractivity contribution in [2.45, 2.75) is 18.7 Å². The van der Waals surface area contributed by atoms with Crippen molar-refractivity contribution in [3.8, 4) is 0 Å². The lowest BCUT2D eigenvalue weighted by Gasteiger charge is -2.13. The zero-order chi connectivity index (χ0) is 20.2. The number of benzene rings is 2. The van der Waals surface area contributed by atoms with Gasteiger partial charge in [0.2, 0.25) is 0 Å². The summed E-state index contributed by atoms with van der Waals surface area (Å²) in [5.41, 5.74) is 1.03. The average Bonchev–Trinajstić information content (AvgIpc) is 2.63. The summed E-state index contributed by atoms with van der Waals surface area (Å²) in [6.07, 6.45) is 0. The van der Waals surface area contributed by atoms with E-state index in [4.69, 9.17) is 16.3 Å². The van der Waals surface area contributed by atoms with Crippen molar-refractivity contribution in [1.82, 2.24) is 0 Å². The van der Waals surface area contributed by atoms with Gasteiger partial charge in [-0.1, -0.05) is 17.7 Å². The first-order chi connectivity index (χ1) is 12.7. The fraction of sp³-hybridized carbons (Fsp3) is 0.222. The lowest BCUT2D eigenvalue weighted by Crippen LogP contribution is -2.16. The van der Waals surface area contributed by atoms with Crippen molar-refractivity contribution in [2.75, 3.05) is 18.4 Å². The van der Waals surface area contributed by atoms with E-state index in [1.165, 1.54) is 31.4 Å². The Bertz CT molecular complexity index is 987. The van der Waals surface area contributed by atoms with Gasteiger partial charge in [0.05, 0.1) is 35.6 Å². The Morgan fingerprint density at radius 3 is 2.33 bits per heavy atom. The maximum atomic E-state index is 12.8. The minimum atomic E-state index is -4.13. The Morgan fingerprint density at radius 2 is 1.70 bits per heavy atom. The molecule has 2 aromatic carbocycles. The smallest absolute Gasteiger partial charge is 0.338 e. The molecule has 0 aromatic heterocycles. The van der Waals surface area contributed by atoms with Gasteiger partial charge < -0.3 is 9.47 Å². The number of ether oxygens (including phenoxy) is 2. The lowest BCUT2D eigenvalue weighted by molar-refractivity contribution is 0.0525. The van der Waals surface area contributed by atoms with Crippen molar-refractivity contribution >= 4 is 39.3 Å². The molecule has 1 N–H and O–H groups in total. The molecule has 0 aliphatic heterocycles. The van der Waals surface area contributed by atoms with Crippen molar-refractivity contribution in [3.63, 3.8) is 0 Å². The third-order valence-electron chi connectivity index (χ3n) is 3.63. The SMILES string of the molecule is CCOC(=O)c1ccc(C)c(NS(=O)(=O)c2cc(C(=O)OC)ccc2Cl)c1. The topological polar surface area (TPSA) is 98.8 Å². The number of halogens is 1. The van der Waals surface area contributed by atoms with Gasteiger partial charge in [0, 0.05) is 0 Å². The van der Waals surface area contributed by atoms with Crippen LogP contribution < -0.4 is 4.72 Å². The van der Waals surface area contributed by atoms with Crippen LogP contribution in [0.2, 0.25) is 5.02 Å². The average molecular weight is 412 g/mol. The number of sulfonamides is 1. The van der Waals surface area contributed by atoms with E-state index >= 15 is 0 Å². The number of carbonyl (C=O) groups excluding carboxylic acids is 2. The van der Waals surface area contributed by atoms with Crippen LogP contribution in [-0.4, -0.2) is 34.1 Å². The molecule has 0 bridgehead atoms. The molecular weight excluding hydrogens is 394 g/mol. The predicted molar refractivity (Wildman–Crippen MR) is 101 cm³/mol. The Morgan fingerprint density at radius 1 is 1.07 bits per heavy atom. The summed E-state index contributed by atoms with van der Waals surface area (Å²) >= 11 is 6.01. The van der Waals surface area contributed by atoms with Gasteiger partial charge in [-0.05, 0) is 49.7 Å². The summed E-state index contributed by atoms with van der Waals surface area (Å²) in [5, 5.41) is -0.0608. The first-order valence-electron chi connectivity index (χ1n) is 7.88. The normalized spacial score (nSPS) is 11.0. The van der Waals surface area contributed by atoms with Crippen LogP contribution in [0.15, 0.2) is 41.3 Å². The summed E-state index contributed by atoms with van der Waals surface area (Å²) in [6, 6.07) is 8.29. The molecule has 0 radical (unpaired) electrons. The molecule has 0 spiro atoms. The van der Waals surface area contributed by atoms with Crippen molar-refractivity contribution < 1.29 is 27.5 Å². The molecule has 0 saturated carbocycles. The van der Waals surface area contributed by atoms with Crippen LogP contribution in [0.1, 0.15) is 33.2 Å². The summed E-state index contributed by atoms with van der Waals surface area (Å²) in [6.45, 7) is 3.55. The van der Waals surface area contributed by atoms with Crippen molar-refractivity contribution in [3.05, 3.63) is 58.1 Å². The van der Waals surface area contributed by atoms with Gasteiger partial charge in [0.25, 0.3) is 10.0 Å². The second-order valence-corrected chi connectivity index (χ2v) is 7.55. The van der Waals surface area contributed by atoms with E-state index in [2.05, 4.69) is 9.46 Å². The van der Waals surface area contributed by atoms with Crippen LogP contribution >= 0.6 is 11.6 Å². The number of esters is 2. The summed E-state index contributed by atoms with van der Waals surface area (Å²) < 4.78 is 37.5. The van der Waals surface area contributed by atoms with Gasteiger partial charge in [-0.25, -0.2) is 18.0 Å². The molecule has 0 heterocycles. The molecule has 0 amide bonds. The first-order valence-corrected chi connectivity index (χ1v) is 9.74. The summed E-state index contributed by atoms with van der Waals surface area (Å²) in [7, 11) is -2.94. The molecule has 144 valence electrons. The van der Waals surface area contributed by atoms with Crippen LogP contribution in [0.3, 0.4) is 0 Å². The maximum Gasteiger partial charge on any atom is 0.338 e. The van der Waals surface area contributed by atoms with Gasteiger partial charge in [-0.2, -0.15) is 0 Å². The van der Waals surface area contributed by atoms with E-state index in [0.717, 1.165) is 6.07 Å². The number of aryl methyl sites for hydroxylation is 1. The highest BCUT2D eigenvalue weighted by Crippen LogP contribution is 2.27. The number of methoxy groups -OCH3 is 1. The largest absolute Gasteiger partial charge is 0.465 e. The van der Waals surface area contributed by atoms with Crippen LogP contribution in [0.5, 0.6) is 0 Å². The van der Waals surface area contributed by atoms with E-state index in [9.17, 15) is 18.0 Å². The van der Waals surface area contributed by atoms with Crippen molar-refractivity contribution in [2.24, 2.45) is 0 Å². The van der Waals surface area contributed by atoms with Crippen LogP contribution in [0, 0.1) is 6.92 Å². The third-order valence-corrected chi connectivity index (χ3v) is 5.48. The number of carbonyl (C=O) groups is 2. The molecule has 2 aromatic rings. The highest BCUT2D eigenvalue weighted by Gasteiger charge is 2.22. The minimum absolute atomic E-state index is 0.0410. The quantitative estimate of drug-likeness (QED) is 0.731. The molecule has 0 aliphatic carbocycles. The molecule has 0 unspecified atom stereocenters. The molecule has 2 rings (SSSR count). The molecule has 9 heteroatoms. The number of hydrogen-bond acceptors (Lipinski definition) is 6. The Hall–Kier alpha value is -2.58. The molecule has 0 fully saturated rings. The van der Waals surface area contributed by atoms with Crippen LogP contribution in [-0.2, 0) is 19.5 Å². The third kappa shape index (κ3) is 4.78. The van der Waals surface area contributed by atoms with Gasteiger partial charge in [-0.15, -0.1) is 0 Å². The van der Waals surface area contributed by atoms with Crippen molar-refractivity contribution in [1.29, 1.82) is 0 Å². The molecule has 0 saturated heterocycles. The zero-order valence-electron chi connectivity index (χ0n) is 14.9. The zero-order valence-corrected chi connectivity index (χ0v) is 16.5. The number of anilines is 1. The van der Waals surface area contributed by atoms with Gasteiger partial charge in [0.1, 0.15) is 4.90 Å². The fourth-order valence-electron chi connectivity index (χ4n) is 2.23. The minimum Gasteiger partial charge on any atom is -0.465 e. The van der Waals surface area contributed by atoms with Gasteiger partial charge in [0.15, 0.2) is 0 Å². The number of hydrogen-bond donors (Lipinski definition) is 1. The lowest BCUT2D eigenvalue weighted by atomic mass is 10.1. The predicted octanol–water partition coefficient (Wildman–Crippen LogP) is 3.41. The van der Waals surface area contributed by atoms with Crippen LogP contribution in [0.4, 0.5) is 5.69 Å². The molecule has 0 atom stereocenters. The fourth-order valence-corrected chi connectivity index (χ4v) is 3.88. The molecule has 27 heavy (non-hydrogen) atoms. The van der Waals surface area contributed by atoms with E-state index in [-0.39, 0.29) is 33.3 Å². The second-order valence-electron chi connectivity index (χ2n) is 5.49. The van der Waals surface area contributed by atoms with E-state index in [1.807, 2.05) is 0 Å². The Labute approximate surface area is 162 Å². The standard InChI is InChI=1S/C18H18ClNO6S/c1-4-26-18(22)12-6-5-11(2)15(9-12)20-27(23,24)16-10-13(17(21)25-3)7-8-14(16)19/h5-10,20H,4H2,1-3H3. The highest BCUT2D eigenvalue weighted by atomic mass is 35.5. The van der Waals surface area contributed by atoms with E-state index in [0.29, 0.717) is 5.56 Å². The molecule has 7 nitrogen and oxygen atoms in total.